The lowest BCUT2D eigenvalue weighted by molar-refractivity contribution is -0.385. The van der Waals surface area contributed by atoms with Gasteiger partial charge in [-0.25, -0.2) is 4.39 Å². The van der Waals surface area contributed by atoms with Gasteiger partial charge in [0.05, 0.1) is 16.7 Å². The molecule has 0 aliphatic rings. The summed E-state index contributed by atoms with van der Waals surface area (Å²) in [5, 5.41) is 13.3. The second kappa shape index (κ2) is 5.41. The molecule has 16 heavy (non-hydrogen) atoms. The second-order valence-corrected chi connectivity index (χ2v) is 3.65. The van der Waals surface area contributed by atoms with Crippen molar-refractivity contribution in [2.24, 2.45) is 0 Å². The molecular formula is C10H14FN3O2. The molecule has 0 radical (unpaired) electrons. The van der Waals surface area contributed by atoms with E-state index in [0.29, 0.717) is 6.54 Å². The quantitative estimate of drug-likeness (QED) is 0.614. The number of non-ortho nitro benzene ring substituents is 1. The summed E-state index contributed by atoms with van der Waals surface area (Å²) in [6.07, 6.45) is 0. The maximum Gasteiger partial charge on any atom is 0.272 e. The highest BCUT2D eigenvalue weighted by Gasteiger charge is 2.09. The van der Waals surface area contributed by atoms with Gasteiger partial charge in [0, 0.05) is 19.2 Å². The van der Waals surface area contributed by atoms with E-state index >= 15 is 0 Å². The van der Waals surface area contributed by atoms with Crippen LogP contribution < -0.4 is 5.32 Å². The lowest BCUT2D eigenvalue weighted by atomic mass is 10.2. The van der Waals surface area contributed by atoms with Crippen LogP contribution in [-0.2, 0) is 0 Å². The first-order valence-corrected chi connectivity index (χ1v) is 4.83. The van der Waals surface area contributed by atoms with E-state index in [0.717, 1.165) is 12.6 Å². The van der Waals surface area contributed by atoms with Crippen molar-refractivity contribution in [3.63, 3.8) is 0 Å². The summed E-state index contributed by atoms with van der Waals surface area (Å²) in [6.45, 7) is 1.35. The monoisotopic (exact) mass is 227 g/mol. The van der Waals surface area contributed by atoms with E-state index in [2.05, 4.69) is 5.32 Å². The van der Waals surface area contributed by atoms with Gasteiger partial charge in [0.15, 0.2) is 5.82 Å². The molecule has 1 aromatic carbocycles. The maximum atomic E-state index is 13.4. The van der Waals surface area contributed by atoms with Gasteiger partial charge in [0.1, 0.15) is 0 Å². The van der Waals surface area contributed by atoms with Gasteiger partial charge in [-0.05, 0) is 20.2 Å². The minimum absolute atomic E-state index is 0.240. The average molecular weight is 227 g/mol. The third-order valence-corrected chi connectivity index (χ3v) is 2.04. The number of rotatable bonds is 5. The molecule has 0 aromatic heterocycles. The van der Waals surface area contributed by atoms with Crippen LogP contribution in [0.2, 0.25) is 0 Å². The molecule has 0 saturated heterocycles. The van der Waals surface area contributed by atoms with Crippen LogP contribution in [0.1, 0.15) is 0 Å². The molecule has 5 nitrogen and oxygen atoms in total. The molecule has 0 bridgehead atoms. The van der Waals surface area contributed by atoms with Crippen molar-refractivity contribution in [1.82, 2.24) is 4.90 Å². The van der Waals surface area contributed by atoms with Gasteiger partial charge in [-0.2, -0.15) is 0 Å². The SMILES string of the molecule is CN(C)CCNc1ccc([N+](=O)[O-])cc1F. The fraction of sp³-hybridized carbons (Fsp3) is 0.400. The molecule has 0 aliphatic carbocycles. The van der Waals surface area contributed by atoms with E-state index < -0.39 is 10.7 Å². The highest BCUT2D eigenvalue weighted by atomic mass is 19.1. The van der Waals surface area contributed by atoms with Crippen LogP contribution in [-0.4, -0.2) is 37.0 Å². The number of benzene rings is 1. The van der Waals surface area contributed by atoms with Gasteiger partial charge in [-0.3, -0.25) is 10.1 Å². The van der Waals surface area contributed by atoms with Crippen LogP contribution in [0.5, 0.6) is 0 Å². The van der Waals surface area contributed by atoms with Crippen LogP contribution in [0.4, 0.5) is 15.8 Å². The van der Waals surface area contributed by atoms with Gasteiger partial charge in [-0.15, -0.1) is 0 Å². The number of nitrogens with zero attached hydrogens (tertiary/aromatic N) is 2. The molecule has 0 saturated carbocycles. The number of nitrogens with one attached hydrogen (secondary N) is 1. The third-order valence-electron chi connectivity index (χ3n) is 2.04. The number of nitro groups is 1. The molecule has 6 heteroatoms. The molecule has 0 amide bonds. The Balaban J connectivity index is 2.64. The van der Waals surface area contributed by atoms with Crippen molar-refractivity contribution in [3.05, 3.63) is 34.1 Å². The smallest absolute Gasteiger partial charge is 0.272 e. The lowest BCUT2D eigenvalue weighted by Gasteiger charge is -2.11. The zero-order valence-electron chi connectivity index (χ0n) is 9.24. The molecule has 1 N–H and O–H groups in total. The Morgan fingerprint density at radius 3 is 2.69 bits per heavy atom. The van der Waals surface area contributed by atoms with Crippen LogP contribution in [0, 0.1) is 15.9 Å². The van der Waals surface area contributed by atoms with Crippen LogP contribution >= 0.6 is 0 Å². The Hall–Kier alpha value is -1.69. The van der Waals surface area contributed by atoms with Crippen molar-refractivity contribution in [1.29, 1.82) is 0 Å². The Labute approximate surface area is 93.0 Å². The highest BCUT2D eigenvalue weighted by Crippen LogP contribution is 2.19. The van der Waals surface area contributed by atoms with Crippen molar-refractivity contribution < 1.29 is 9.31 Å². The molecule has 0 atom stereocenters. The third kappa shape index (κ3) is 3.47. The fourth-order valence-corrected chi connectivity index (χ4v) is 1.18. The molecule has 88 valence electrons. The van der Waals surface area contributed by atoms with E-state index in [4.69, 9.17) is 0 Å². The number of anilines is 1. The zero-order valence-corrected chi connectivity index (χ0v) is 9.24. The molecule has 1 rings (SSSR count). The second-order valence-electron chi connectivity index (χ2n) is 3.65. The largest absolute Gasteiger partial charge is 0.381 e. The number of nitro benzene ring substituents is 1. The van der Waals surface area contributed by atoms with Gasteiger partial charge < -0.3 is 10.2 Å². The predicted octanol–water partition coefficient (Wildman–Crippen LogP) is 1.71. The van der Waals surface area contributed by atoms with E-state index in [1.54, 1.807) is 0 Å². The summed E-state index contributed by atoms with van der Waals surface area (Å²) in [4.78, 5) is 11.7. The predicted molar refractivity (Wildman–Crippen MR) is 60.1 cm³/mol. The van der Waals surface area contributed by atoms with Crippen molar-refractivity contribution >= 4 is 11.4 Å². The van der Waals surface area contributed by atoms with Crippen molar-refractivity contribution in [3.8, 4) is 0 Å². The molecule has 0 aliphatic heterocycles. The lowest BCUT2D eigenvalue weighted by Crippen LogP contribution is -2.21. The molecule has 0 heterocycles. The Morgan fingerprint density at radius 2 is 2.19 bits per heavy atom. The standard InChI is InChI=1S/C10H14FN3O2/c1-13(2)6-5-12-10-4-3-8(14(15)16)7-9(10)11/h3-4,7,12H,5-6H2,1-2H3. The summed E-state index contributed by atoms with van der Waals surface area (Å²) >= 11 is 0. The highest BCUT2D eigenvalue weighted by molar-refractivity contribution is 5.50. The van der Waals surface area contributed by atoms with Crippen LogP contribution in [0.25, 0.3) is 0 Å². The number of hydrogen-bond acceptors (Lipinski definition) is 4. The summed E-state index contributed by atoms with van der Waals surface area (Å²) in [6, 6.07) is 3.57. The van der Waals surface area contributed by atoms with E-state index in [1.807, 2.05) is 19.0 Å². The summed E-state index contributed by atoms with van der Waals surface area (Å²) in [5.74, 6) is -0.604. The van der Waals surface area contributed by atoms with Gasteiger partial charge in [-0.1, -0.05) is 0 Å². The Morgan fingerprint density at radius 1 is 1.50 bits per heavy atom. The van der Waals surface area contributed by atoms with E-state index in [-0.39, 0.29) is 11.4 Å². The molecule has 0 spiro atoms. The Kier molecular flexibility index (Phi) is 4.19. The maximum absolute atomic E-state index is 13.4. The first kappa shape index (κ1) is 12.4. The van der Waals surface area contributed by atoms with Crippen LogP contribution in [0.15, 0.2) is 18.2 Å². The molecule has 1 aromatic rings. The topological polar surface area (TPSA) is 58.4 Å². The first-order chi connectivity index (χ1) is 7.50. The van der Waals surface area contributed by atoms with Crippen molar-refractivity contribution in [2.45, 2.75) is 0 Å². The molecule has 0 unspecified atom stereocenters. The fourth-order valence-electron chi connectivity index (χ4n) is 1.18. The van der Waals surface area contributed by atoms with Gasteiger partial charge in [0.2, 0.25) is 0 Å². The van der Waals surface area contributed by atoms with Gasteiger partial charge >= 0.3 is 0 Å². The van der Waals surface area contributed by atoms with Crippen LogP contribution in [0.3, 0.4) is 0 Å². The normalized spacial score (nSPS) is 10.5. The minimum atomic E-state index is -0.618. The zero-order chi connectivity index (χ0) is 12.1. The Bertz CT molecular complexity index is 382. The van der Waals surface area contributed by atoms with Crippen molar-refractivity contribution in [2.75, 3.05) is 32.5 Å². The average Bonchev–Trinajstić information content (AvgIpc) is 2.19. The minimum Gasteiger partial charge on any atom is -0.381 e. The number of likely N-dealkylation sites (N-methyl/N-ethyl adjacent to an activating group) is 1. The first-order valence-electron chi connectivity index (χ1n) is 4.83. The van der Waals surface area contributed by atoms with Gasteiger partial charge in [0.25, 0.3) is 5.69 Å². The summed E-state index contributed by atoms with van der Waals surface area (Å²) in [7, 11) is 3.82. The van der Waals surface area contributed by atoms with E-state index in [1.165, 1.54) is 12.1 Å². The summed E-state index contributed by atoms with van der Waals surface area (Å²) < 4.78 is 13.4. The van der Waals surface area contributed by atoms with E-state index in [9.17, 15) is 14.5 Å². The number of hydrogen-bond donors (Lipinski definition) is 1. The summed E-state index contributed by atoms with van der Waals surface area (Å²) in [5.41, 5.74) is 0.0445. The molecular weight excluding hydrogens is 213 g/mol. The number of halogens is 1. The molecule has 0 fully saturated rings.